The second-order valence-electron chi connectivity index (χ2n) is 7.34. The first kappa shape index (κ1) is 21.3. The molecule has 32 heavy (non-hydrogen) atoms. The number of nitro benzene ring substituents is 1. The summed E-state index contributed by atoms with van der Waals surface area (Å²) in [7, 11) is 3.92. The van der Waals surface area contributed by atoms with Crippen LogP contribution in [0.15, 0.2) is 71.5 Å². The molecule has 0 fully saturated rings. The van der Waals surface area contributed by atoms with Crippen molar-refractivity contribution in [2.45, 2.75) is 0 Å². The summed E-state index contributed by atoms with van der Waals surface area (Å²) in [4.78, 5) is 31.1. The first-order valence-electron chi connectivity index (χ1n) is 9.77. The van der Waals surface area contributed by atoms with Crippen molar-refractivity contribution in [3.63, 3.8) is 0 Å². The van der Waals surface area contributed by atoms with E-state index in [1.54, 1.807) is 30.3 Å². The Balaban J connectivity index is 1.93. The Hall–Kier alpha value is -3.97. The molecule has 1 aromatic heterocycles. The maximum absolute atomic E-state index is 13.4. The first-order valence-corrected chi connectivity index (χ1v) is 10.1. The summed E-state index contributed by atoms with van der Waals surface area (Å²) in [6.45, 7) is 0. The number of hydrogen-bond acceptors (Lipinski definition) is 5. The number of halogens is 1. The summed E-state index contributed by atoms with van der Waals surface area (Å²) in [6, 6.07) is 18.9. The lowest BCUT2D eigenvalue weighted by molar-refractivity contribution is -0.384. The molecule has 4 rings (SSSR count). The number of nitrogens with zero attached hydrogens (tertiary/aromatic N) is 4. The van der Waals surface area contributed by atoms with E-state index in [1.165, 1.54) is 22.8 Å². The number of rotatable bonds is 5. The standard InChI is InChI=1S/C24H19ClN4O3/c1-27(2)18-11-7-16(8-12-18)9-14-23-26-20-6-4-3-5-19(20)24(30)28(23)21-13-10-17(25)15-22(21)29(31)32/h3-15H,1-2H3/b14-9+. The average molecular weight is 447 g/mol. The quantitative estimate of drug-likeness (QED) is 0.311. The SMILES string of the molecule is CN(C)c1ccc(/C=C/c2nc3ccccc3c(=O)n2-c2ccc(Cl)cc2[N+](=O)[O-])cc1. The molecule has 3 aromatic carbocycles. The van der Waals surface area contributed by atoms with Crippen LogP contribution in [0.5, 0.6) is 0 Å². The Labute approximate surface area is 189 Å². The van der Waals surface area contributed by atoms with Crippen molar-refractivity contribution in [3.8, 4) is 5.69 Å². The van der Waals surface area contributed by atoms with Gasteiger partial charge in [0.05, 0.1) is 15.8 Å². The lowest BCUT2D eigenvalue weighted by Gasteiger charge is -2.13. The molecule has 0 radical (unpaired) electrons. The van der Waals surface area contributed by atoms with Gasteiger partial charge in [-0.3, -0.25) is 19.5 Å². The van der Waals surface area contributed by atoms with Gasteiger partial charge >= 0.3 is 0 Å². The highest BCUT2D eigenvalue weighted by molar-refractivity contribution is 6.30. The van der Waals surface area contributed by atoms with E-state index in [1.807, 2.05) is 49.3 Å². The van der Waals surface area contributed by atoms with Gasteiger partial charge in [0.25, 0.3) is 11.2 Å². The van der Waals surface area contributed by atoms with E-state index in [0.29, 0.717) is 10.9 Å². The van der Waals surface area contributed by atoms with Gasteiger partial charge in [-0.25, -0.2) is 4.98 Å². The molecular formula is C24H19ClN4O3. The Kier molecular flexibility index (Phi) is 5.75. The Morgan fingerprint density at radius 2 is 1.75 bits per heavy atom. The van der Waals surface area contributed by atoms with Crippen LogP contribution in [0, 0.1) is 10.1 Å². The average Bonchev–Trinajstić information content (AvgIpc) is 2.78. The van der Waals surface area contributed by atoms with Crippen molar-refractivity contribution in [3.05, 3.63) is 104 Å². The first-order chi connectivity index (χ1) is 15.3. The fourth-order valence-corrected chi connectivity index (χ4v) is 3.55. The number of aromatic nitrogens is 2. The topological polar surface area (TPSA) is 81.3 Å². The van der Waals surface area contributed by atoms with E-state index in [9.17, 15) is 14.9 Å². The molecule has 8 heteroatoms. The van der Waals surface area contributed by atoms with Gasteiger partial charge in [-0.05, 0) is 48.0 Å². The van der Waals surface area contributed by atoms with Gasteiger partial charge in [-0.1, -0.05) is 41.9 Å². The fourth-order valence-electron chi connectivity index (χ4n) is 3.38. The summed E-state index contributed by atoms with van der Waals surface area (Å²) in [6.07, 6.45) is 3.49. The maximum atomic E-state index is 13.4. The van der Waals surface area contributed by atoms with Crippen LogP contribution in [0.1, 0.15) is 11.4 Å². The van der Waals surface area contributed by atoms with Crippen molar-refractivity contribution < 1.29 is 4.92 Å². The van der Waals surface area contributed by atoms with Gasteiger partial charge in [0.1, 0.15) is 11.5 Å². The normalized spacial score (nSPS) is 11.2. The third kappa shape index (κ3) is 4.10. The zero-order valence-corrected chi connectivity index (χ0v) is 18.2. The number of hydrogen-bond donors (Lipinski definition) is 0. The molecule has 0 amide bonds. The third-order valence-electron chi connectivity index (χ3n) is 5.01. The van der Waals surface area contributed by atoms with Crippen LogP contribution in [0.3, 0.4) is 0 Å². The minimum atomic E-state index is -0.559. The smallest absolute Gasteiger partial charge is 0.294 e. The summed E-state index contributed by atoms with van der Waals surface area (Å²) in [5, 5.41) is 12.3. The van der Waals surface area contributed by atoms with Gasteiger partial charge < -0.3 is 4.90 Å². The van der Waals surface area contributed by atoms with Gasteiger partial charge in [0, 0.05) is 30.9 Å². The zero-order valence-electron chi connectivity index (χ0n) is 17.4. The van der Waals surface area contributed by atoms with E-state index in [4.69, 9.17) is 11.6 Å². The molecule has 0 aliphatic carbocycles. The molecule has 0 saturated heterocycles. The maximum Gasteiger partial charge on any atom is 0.294 e. The molecule has 0 N–H and O–H groups in total. The van der Waals surface area contributed by atoms with Gasteiger partial charge in [-0.15, -0.1) is 0 Å². The van der Waals surface area contributed by atoms with Crippen LogP contribution >= 0.6 is 11.6 Å². The predicted molar refractivity (Wildman–Crippen MR) is 129 cm³/mol. The molecule has 0 saturated carbocycles. The van der Waals surface area contributed by atoms with Crippen LogP contribution in [0.2, 0.25) is 5.02 Å². The summed E-state index contributed by atoms with van der Waals surface area (Å²) < 4.78 is 1.25. The lowest BCUT2D eigenvalue weighted by atomic mass is 10.1. The van der Waals surface area contributed by atoms with Crippen LogP contribution < -0.4 is 10.5 Å². The lowest BCUT2D eigenvalue weighted by Crippen LogP contribution is -2.23. The van der Waals surface area contributed by atoms with Gasteiger partial charge in [-0.2, -0.15) is 0 Å². The number of anilines is 1. The van der Waals surface area contributed by atoms with Crippen molar-refractivity contribution in [1.82, 2.24) is 9.55 Å². The highest BCUT2D eigenvalue weighted by atomic mass is 35.5. The molecule has 0 atom stereocenters. The van der Waals surface area contributed by atoms with Crippen LogP contribution in [-0.4, -0.2) is 28.6 Å². The molecule has 160 valence electrons. The minimum Gasteiger partial charge on any atom is -0.378 e. The molecule has 0 spiro atoms. The summed E-state index contributed by atoms with van der Waals surface area (Å²) >= 11 is 5.97. The number of nitro groups is 1. The van der Waals surface area contributed by atoms with Crippen molar-refractivity contribution in [2.75, 3.05) is 19.0 Å². The second kappa shape index (κ2) is 8.64. The molecule has 0 unspecified atom stereocenters. The Morgan fingerprint density at radius 1 is 1.03 bits per heavy atom. The Morgan fingerprint density at radius 3 is 2.44 bits per heavy atom. The minimum absolute atomic E-state index is 0.102. The van der Waals surface area contributed by atoms with Crippen LogP contribution in [0.25, 0.3) is 28.7 Å². The van der Waals surface area contributed by atoms with Crippen LogP contribution in [-0.2, 0) is 0 Å². The predicted octanol–water partition coefficient (Wildman–Crippen LogP) is 5.18. The van der Waals surface area contributed by atoms with E-state index in [0.717, 1.165) is 11.3 Å². The zero-order chi connectivity index (χ0) is 22.8. The molecule has 0 aliphatic rings. The summed E-state index contributed by atoms with van der Waals surface area (Å²) in [5.74, 6) is 0.274. The summed E-state index contributed by atoms with van der Waals surface area (Å²) in [5.41, 5.74) is 1.89. The van der Waals surface area contributed by atoms with Crippen molar-refractivity contribution in [1.29, 1.82) is 0 Å². The van der Waals surface area contributed by atoms with Gasteiger partial charge in [0.2, 0.25) is 0 Å². The van der Waals surface area contributed by atoms with Crippen molar-refractivity contribution in [2.24, 2.45) is 0 Å². The highest BCUT2D eigenvalue weighted by Gasteiger charge is 2.20. The van der Waals surface area contributed by atoms with E-state index in [2.05, 4.69) is 4.98 Å². The van der Waals surface area contributed by atoms with Crippen molar-refractivity contribution >= 4 is 46.0 Å². The number of para-hydroxylation sites is 1. The number of benzene rings is 3. The second-order valence-corrected chi connectivity index (χ2v) is 7.77. The largest absolute Gasteiger partial charge is 0.378 e. The molecule has 0 bridgehead atoms. The highest BCUT2D eigenvalue weighted by Crippen LogP contribution is 2.27. The van der Waals surface area contributed by atoms with E-state index >= 15 is 0 Å². The molecule has 0 aliphatic heterocycles. The third-order valence-corrected chi connectivity index (χ3v) is 5.25. The molecule has 1 heterocycles. The van der Waals surface area contributed by atoms with Crippen LogP contribution in [0.4, 0.5) is 11.4 Å². The number of fused-ring (bicyclic) bond motifs is 1. The molecule has 7 nitrogen and oxygen atoms in total. The molecule has 4 aromatic rings. The monoisotopic (exact) mass is 446 g/mol. The van der Waals surface area contributed by atoms with Gasteiger partial charge in [0.15, 0.2) is 0 Å². The van der Waals surface area contributed by atoms with E-state index in [-0.39, 0.29) is 22.2 Å². The fraction of sp³-hybridized carbons (Fsp3) is 0.0833. The Bertz CT molecular complexity index is 1410. The molecular weight excluding hydrogens is 428 g/mol. The van der Waals surface area contributed by atoms with E-state index < -0.39 is 10.5 Å².